The summed E-state index contributed by atoms with van der Waals surface area (Å²) < 4.78 is 5.83. The SMILES string of the molecule is CSCCC(NC(=O)c1ccc(Cl)cc1Cl)C(=O)NC(C)c1cc2ccccc2o1. The number of amides is 2. The molecule has 3 aromatic rings. The van der Waals surface area contributed by atoms with Gasteiger partial charge >= 0.3 is 0 Å². The molecule has 0 fully saturated rings. The molecule has 30 heavy (non-hydrogen) atoms. The lowest BCUT2D eigenvalue weighted by Crippen LogP contribution is -2.47. The van der Waals surface area contributed by atoms with Crippen LogP contribution in [0.25, 0.3) is 11.0 Å². The van der Waals surface area contributed by atoms with Crippen LogP contribution in [0.4, 0.5) is 0 Å². The number of nitrogens with one attached hydrogen (secondary N) is 2. The minimum absolute atomic E-state index is 0.236. The van der Waals surface area contributed by atoms with Crippen LogP contribution < -0.4 is 10.6 Å². The van der Waals surface area contributed by atoms with E-state index >= 15 is 0 Å². The van der Waals surface area contributed by atoms with Gasteiger partial charge in [0.1, 0.15) is 17.4 Å². The van der Waals surface area contributed by atoms with Gasteiger partial charge in [-0.3, -0.25) is 9.59 Å². The number of furan rings is 1. The van der Waals surface area contributed by atoms with Crippen molar-refractivity contribution < 1.29 is 14.0 Å². The Balaban J connectivity index is 1.71. The van der Waals surface area contributed by atoms with E-state index < -0.39 is 11.9 Å². The van der Waals surface area contributed by atoms with E-state index in [2.05, 4.69) is 10.6 Å². The third-order valence-corrected chi connectivity index (χ3v) is 5.83. The molecule has 1 heterocycles. The molecular formula is C22H22Cl2N2O3S. The van der Waals surface area contributed by atoms with Crippen molar-refractivity contribution in [1.29, 1.82) is 0 Å². The highest BCUT2D eigenvalue weighted by molar-refractivity contribution is 7.98. The molecule has 2 N–H and O–H groups in total. The molecule has 0 saturated carbocycles. The summed E-state index contributed by atoms with van der Waals surface area (Å²) in [5.41, 5.74) is 1.03. The highest BCUT2D eigenvalue weighted by Crippen LogP contribution is 2.24. The highest BCUT2D eigenvalue weighted by atomic mass is 35.5. The Morgan fingerprint density at radius 1 is 1.10 bits per heavy atom. The topological polar surface area (TPSA) is 71.3 Å². The van der Waals surface area contributed by atoms with Gasteiger partial charge in [-0.05, 0) is 55.7 Å². The monoisotopic (exact) mass is 464 g/mol. The number of hydrogen-bond acceptors (Lipinski definition) is 4. The minimum atomic E-state index is -0.705. The summed E-state index contributed by atoms with van der Waals surface area (Å²) >= 11 is 13.6. The standard InChI is InChI=1S/C22H22Cl2N2O3S/c1-13(20-11-14-5-3-4-6-19(14)29-20)25-22(28)18(9-10-30-2)26-21(27)16-8-7-15(23)12-17(16)24/h3-8,11-13,18H,9-10H2,1-2H3,(H,25,28)(H,26,27). The molecule has 0 radical (unpaired) electrons. The van der Waals surface area contributed by atoms with Gasteiger partial charge in [-0.25, -0.2) is 0 Å². The molecule has 8 heteroatoms. The summed E-state index contributed by atoms with van der Waals surface area (Å²) in [6, 6.07) is 13.1. The van der Waals surface area contributed by atoms with E-state index in [4.69, 9.17) is 27.6 Å². The molecule has 158 valence electrons. The van der Waals surface area contributed by atoms with Gasteiger partial charge in [0.2, 0.25) is 5.91 Å². The molecule has 0 aliphatic carbocycles. The number of para-hydroxylation sites is 1. The molecule has 0 aliphatic rings. The summed E-state index contributed by atoms with van der Waals surface area (Å²) in [4.78, 5) is 25.6. The number of halogens is 2. The average molecular weight is 465 g/mol. The Bertz CT molecular complexity index is 1020. The lowest BCUT2D eigenvalue weighted by atomic mass is 10.1. The second kappa shape index (κ2) is 10.2. The van der Waals surface area contributed by atoms with Crippen molar-refractivity contribution >= 4 is 57.7 Å². The van der Waals surface area contributed by atoms with E-state index in [9.17, 15) is 9.59 Å². The Morgan fingerprint density at radius 2 is 1.87 bits per heavy atom. The third kappa shape index (κ3) is 5.50. The average Bonchev–Trinajstić information content (AvgIpc) is 3.15. The maximum atomic E-state index is 12.9. The van der Waals surface area contributed by atoms with Crippen molar-refractivity contribution in [3.05, 3.63) is 69.9 Å². The van der Waals surface area contributed by atoms with Gasteiger partial charge < -0.3 is 15.1 Å². The maximum absolute atomic E-state index is 12.9. The van der Waals surface area contributed by atoms with Crippen LogP contribution in [-0.4, -0.2) is 29.9 Å². The fourth-order valence-corrected chi connectivity index (χ4v) is 3.98. The second-order valence-corrected chi connectivity index (χ2v) is 8.68. The highest BCUT2D eigenvalue weighted by Gasteiger charge is 2.24. The van der Waals surface area contributed by atoms with Crippen LogP contribution in [0.3, 0.4) is 0 Å². The van der Waals surface area contributed by atoms with E-state index in [-0.39, 0.29) is 22.5 Å². The van der Waals surface area contributed by atoms with Gasteiger partial charge in [-0.1, -0.05) is 41.4 Å². The molecule has 5 nitrogen and oxygen atoms in total. The molecule has 0 aliphatic heterocycles. The van der Waals surface area contributed by atoms with E-state index in [1.54, 1.807) is 23.9 Å². The Kier molecular flexibility index (Phi) is 7.69. The maximum Gasteiger partial charge on any atom is 0.253 e. The smallest absolute Gasteiger partial charge is 0.253 e. The van der Waals surface area contributed by atoms with Crippen molar-refractivity contribution in [3.8, 4) is 0 Å². The van der Waals surface area contributed by atoms with Crippen LogP contribution in [-0.2, 0) is 4.79 Å². The first-order valence-corrected chi connectivity index (χ1v) is 11.6. The summed E-state index contributed by atoms with van der Waals surface area (Å²) in [5.74, 6) is 0.663. The van der Waals surface area contributed by atoms with Crippen LogP contribution in [0.2, 0.25) is 10.0 Å². The van der Waals surface area contributed by atoms with Gasteiger partial charge in [-0.15, -0.1) is 0 Å². The van der Waals surface area contributed by atoms with Crippen molar-refractivity contribution in [2.75, 3.05) is 12.0 Å². The molecule has 1 aromatic heterocycles. The third-order valence-electron chi connectivity index (χ3n) is 4.64. The molecule has 0 bridgehead atoms. The summed E-state index contributed by atoms with van der Waals surface area (Å²) in [5, 5.41) is 7.37. The first-order valence-electron chi connectivity index (χ1n) is 9.42. The Labute approximate surface area is 189 Å². The normalized spacial score (nSPS) is 13.1. The Hall–Kier alpha value is -2.15. The first-order chi connectivity index (χ1) is 14.4. The predicted molar refractivity (Wildman–Crippen MR) is 123 cm³/mol. The summed E-state index contributed by atoms with van der Waals surface area (Å²) in [6.07, 6.45) is 2.43. The molecule has 2 aromatic carbocycles. The fourth-order valence-electron chi connectivity index (χ4n) is 3.02. The van der Waals surface area contributed by atoms with Gasteiger partial charge in [0.15, 0.2) is 0 Å². The number of fused-ring (bicyclic) bond motifs is 1. The van der Waals surface area contributed by atoms with Crippen molar-refractivity contribution in [1.82, 2.24) is 10.6 Å². The van der Waals surface area contributed by atoms with Crippen molar-refractivity contribution in [2.45, 2.75) is 25.4 Å². The molecule has 0 saturated heterocycles. The number of benzene rings is 2. The van der Waals surface area contributed by atoms with E-state index in [0.29, 0.717) is 23.0 Å². The molecule has 2 atom stereocenters. The van der Waals surface area contributed by atoms with Crippen LogP contribution in [0, 0.1) is 0 Å². The van der Waals surface area contributed by atoms with Crippen LogP contribution in [0.15, 0.2) is 52.9 Å². The molecule has 2 amide bonds. The zero-order valence-corrected chi connectivity index (χ0v) is 18.9. The van der Waals surface area contributed by atoms with Crippen LogP contribution in [0.5, 0.6) is 0 Å². The fraction of sp³-hybridized carbons (Fsp3) is 0.273. The van der Waals surface area contributed by atoms with Crippen LogP contribution in [0.1, 0.15) is 35.5 Å². The molecule has 0 spiro atoms. The molecule has 2 unspecified atom stereocenters. The van der Waals surface area contributed by atoms with Crippen molar-refractivity contribution in [3.63, 3.8) is 0 Å². The number of carbonyl (C=O) groups excluding carboxylic acids is 2. The van der Waals surface area contributed by atoms with Gasteiger partial charge in [0.05, 0.1) is 16.6 Å². The number of thioether (sulfide) groups is 1. The number of hydrogen-bond donors (Lipinski definition) is 2. The van der Waals surface area contributed by atoms with E-state index in [1.165, 1.54) is 6.07 Å². The van der Waals surface area contributed by atoms with E-state index in [1.807, 2.05) is 43.5 Å². The minimum Gasteiger partial charge on any atom is -0.459 e. The predicted octanol–water partition coefficient (Wildman–Crippen LogP) is 5.47. The summed E-state index contributed by atoms with van der Waals surface area (Å²) in [6.45, 7) is 1.85. The Morgan fingerprint density at radius 3 is 2.57 bits per heavy atom. The van der Waals surface area contributed by atoms with Crippen molar-refractivity contribution in [2.24, 2.45) is 0 Å². The van der Waals surface area contributed by atoms with Gasteiger partial charge in [0.25, 0.3) is 5.91 Å². The second-order valence-electron chi connectivity index (χ2n) is 6.85. The summed E-state index contributed by atoms with van der Waals surface area (Å²) in [7, 11) is 0. The number of carbonyl (C=O) groups is 2. The first kappa shape index (κ1) is 22.5. The molecular weight excluding hydrogens is 443 g/mol. The van der Waals surface area contributed by atoms with Crippen LogP contribution >= 0.6 is 35.0 Å². The number of rotatable bonds is 8. The molecule has 3 rings (SSSR count). The lowest BCUT2D eigenvalue weighted by molar-refractivity contribution is -0.123. The van der Waals surface area contributed by atoms with Gasteiger partial charge in [0, 0.05) is 10.4 Å². The van der Waals surface area contributed by atoms with E-state index in [0.717, 1.165) is 11.0 Å². The zero-order valence-electron chi connectivity index (χ0n) is 16.6. The largest absolute Gasteiger partial charge is 0.459 e. The quantitative estimate of drug-likeness (QED) is 0.463. The zero-order chi connectivity index (χ0) is 21.7. The van der Waals surface area contributed by atoms with Gasteiger partial charge in [-0.2, -0.15) is 11.8 Å². The lowest BCUT2D eigenvalue weighted by Gasteiger charge is -2.21.